The topological polar surface area (TPSA) is 65.8 Å². The molecular formula is C15H13N3O. The van der Waals surface area contributed by atoms with Gasteiger partial charge in [-0.05, 0) is 23.6 Å². The molecule has 0 aliphatic rings. The van der Waals surface area contributed by atoms with E-state index in [4.69, 9.17) is 5.53 Å². The van der Waals surface area contributed by atoms with Crippen LogP contribution in [0.15, 0.2) is 53.6 Å². The Labute approximate surface area is 111 Å². The van der Waals surface area contributed by atoms with Crippen molar-refractivity contribution in [2.45, 2.75) is 13.5 Å². The number of hydrogen-bond acceptors (Lipinski definition) is 2. The van der Waals surface area contributed by atoms with Crippen LogP contribution in [-0.4, -0.2) is 5.78 Å². The molecule has 0 heterocycles. The van der Waals surface area contributed by atoms with Crippen molar-refractivity contribution in [3.63, 3.8) is 0 Å². The predicted molar refractivity (Wildman–Crippen MR) is 73.9 cm³/mol. The van der Waals surface area contributed by atoms with Gasteiger partial charge in [0.15, 0.2) is 5.78 Å². The van der Waals surface area contributed by atoms with Gasteiger partial charge in [0.1, 0.15) is 0 Å². The number of ketones is 1. The van der Waals surface area contributed by atoms with E-state index < -0.39 is 0 Å². The SMILES string of the molecule is Cc1cc(CN=[N+]=[N-])ccc1C(=O)c1ccccc1. The van der Waals surface area contributed by atoms with E-state index in [9.17, 15) is 4.79 Å². The lowest BCUT2D eigenvalue weighted by atomic mass is 9.97. The first-order valence-corrected chi connectivity index (χ1v) is 5.92. The second-order valence-electron chi connectivity index (χ2n) is 4.23. The van der Waals surface area contributed by atoms with Crippen LogP contribution < -0.4 is 0 Å². The van der Waals surface area contributed by atoms with Crippen LogP contribution in [-0.2, 0) is 6.54 Å². The number of hydrogen-bond donors (Lipinski definition) is 0. The molecule has 0 fully saturated rings. The van der Waals surface area contributed by atoms with Crippen LogP contribution >= 0.6 is 0 Å². The van der Waals surface area contributed by atoms with Gasteiger partial charge < -0.3 is 0 Å². The van der Waals surface area contributed by atoms with Gasteiger partial charge in [-0.2, -0.15) is 0 Å². The summed E-state index contributed by atoms with van der Waals surface area (Å²) in [5.41, 5.74) is 11.4. The minimum absolute atomic E-state index is 0.00781. The Kier molecular flexibility index (Phi) is 3.96. The first-order chi connectivity index (χ1) is 9.22. The Morgan fingerprint density at radius 1 is 1.21 bits per heavy atom. The minimum Gasteiger partial charge on any atom is -0.289 e. The molecule has 2 rings (SSSR count). The Bertz CT molecular complexity index is 644. The molecule has 0 unspecified atom stereocenters. The van der Waals surface area contributed by atoms with Gasteiger partial charge >= 0.3 is 0 Å². The first-order valence-electron chi connectivity index (χ1n) is 5.92. The van der Waals surface area contributed by atoms with Crippen LogP contribution in [0.25, 0.3) is 10.4 Å². The molecule has 0 bridgehead atoms. The van der Waals surface area contributed by atoms with E-state index in [2.05, 4.69) is 10.0 Å². The number of rotatable bonds is 4. The number of benzene rings is 2. The molecule has 4 heteroatoms. The highest BCUT2D eigenvalue weighted by Gasteiger charge is 2.11. The van der Waals surface area contributed by atoms with Gasteiger partial charge in [0.2, 0.25) is 0 Å². The fourth-order valence-electron chi connectivity index (χ4n) is 1.94. The molecule has 0 aromatic heterocycles. The molecule has 0 spiro atoms. The average Bonchev–Trinajstić information content (AvgIpc) is 2.45. The van der Waals surface area contributed by atoms with Crippen molar-refractivity contribution in [1.82, 2.24) is 0 Å². The third-order valence-corrected chi connectivity index (χ3v) is 2.89. The zero-order chi connectivity index (χ0) is 13.7. The van der Waals surface area contributed by atoms with Gasteiger partial charge in [-0.3, -0.25) is 4.79 Å². The van der Waals surface area contributed by atoms with E-state index in [0.29, 0.717) is 17.7 Å². The number of azide groups is 1. The monoisotopic (exact) mass is 251 g/mol. The van der Waals surface area contributed by atoms with Crippen molar-refractivity contribution in [2.24, 2.45) is 5.11 Å². The lowest BCUT2D eigenvalue weighted by Crippen LogP contribution is -2.03. The summed E-state index contributed by atoms with van der Waals surface area (Å²) >= 11 is 0. The van der Waals surface area contributed by atoms with Crippen molar-refractivity contribution in [3.8, 4) is 0 Å². The van der Waals surface area contributed by atoms with Crippen LogP contribution in [0.1, 0.15) is 27.0 Å². The minimum atomic E-state index is 0.00781. The smallest absolute Gasteiger partial charge is 0.193 e. The summed E-state index contributed by atoms with van der Waals surface area (Å²) < 4.78 is 0. The summed E-state index contributed by atoms with van der Waals surface area (Å²) in [5, 5.41) is 3.51. The Balaban J connectivity index is 2.31. The van der Waals surface area contributed by atoms with Gasteiger partial charge in [-0.15, -0.1) is 0 Å². The molecular weight excluding hydrogens is 238 g/mol. The van der Waals surface area contributed by atoms with E-state index in [1.54, 1.807) is 18.2 Å². The highest BCUT2D eigenvalue weighted by atomic mass is 16.1. The molecule has 0 atom stereocenters. The standard InChI is InChI=1S/C15H13N3O/c1-11-9-12(10-17-18-16)7-8-14(11)15(19)13-5-3-2-4-6-13/h2-9H,10H2,1H3. The molecule has 0 radical (unpaired) electrons. The van der Waals surface area contributed by atoms with Crippen LogP contribution in [0.4, 0.5) is 0 Å². The molecule has 94 valence electrons. The summed E-state index contributed by atoms with van der Waals surface area (Å²) in [6, 6.07) is 14.7. The molecule has 0 aliphatic carbocycles. The summed E-state index contributed by atoms with van der Waals surface area (Å²) in [7, 11) is 0. The number of aryl methyl sites for hydroxylation is 1. The van der Waals surface area contributed by atoms with E-state index in [1.807, 2.05) is 37.3 Å². The zero-order valence-corrected chi connectivity index (χ0v) is 10.6. The van der Waals surface area contributed by atoms with Gasteiger partial charge in [0.25, 0.3) is 0 Å². The molecule has 2 aromatic rings. The van der Waals surface area contributed by atoms with Crippen LogP contribution in [0.3, 0.4) is 0 Å². The number of carbonyl (C=O) groups is 1. The lowest BCUT2D eigenvalue weighted by molar-refractivity contribution is 0.103. The first kappa shape index (κ1) is 12.9. The third-order valence-electron chi connectivity index (χ3n) is 2.89. The maximum absolute atomic E-state index is 12.3. The largest absolute Gasteiger partial charge is 0.289 e. The molecule has 0 saturated heterocycles. The molecule has 0 amide bonds. The van der Waals surface area contributed by atoms with E-state index >= 15 is 0 Å². The van der Waals surface area contributed by atoms with Gasteiger partial charge in [0.05, 0.1) is 6.54 Å². The van der Waals surface area contributed by atoms with Gasteiger partial charge in [0, 0.05) is 16.0 Å². The molecule has 4 nitrogen and oxygen atoms in total. The van der Waals surface area contributed by atoms with E-state index in [1.165, 1.54) is 0 Å². The molecule has 2 aromatic carbocycles. The average molecular weight is 251 g/mol. The van der Waals surface area contributed by atoms with Crippen molar-refractivity contribution in [2.75, 3.05) is 0 Å². The second-order valence-corrected chi connectivity index (χ2v) is 4.23. The van der Waals surface area contributed by atoms with Crippen LogP contribution in [0.5, 0.6) is 0 Å². The van der Waals surface area contributed by atoms with Crippen molar-refractivity contribution in [1.29, 1.82) is 0 Å². The second kappa shape index (κ2) is 5.85. The number of carbonyl (C=O) groups excluding carboxylic acids is 1. The Morgan fingerprint density at radius 3 is 2.58 bits per heavy atom. The Morgan fingerprint density at radius 2 is 1.95 bits per heavy atom. The lowest BCUT2D eigenvalue weighted by Gasteiger charge is -2.06. The molecule has 0 saturated carbocycles. The normalized spacial score (nSPS) is 9.74. The summed E-state index contributed by atoms with van der Waals surface area (Å²) in [4.78, 5) is 15.0. The number of nitrogens with zero attached hydrogens (tertiary/aromatic N) is 3. The molecule has 0 N–H and O–H groups in total. The predicted octanol–water partition coefficient (Wildman–Crippen LogP) is 4.04. The summed E-state index contributed by atoms with van der Waals surface area (Å²) in [6.45, 7) is 2.19. The quantitative estimate of drug-likeness (QED) is 0.350. The van der Waals surface area contributed by atoms with Crippen LogP contribution in [0.2, 0.25) is 0 Å². The maximum Gasteiger partial charge on any atom is 0.193 e. The zero-order valence-electron chi connectivity index (χ0n) is 10.6. The highest BCUT2D eigenvalue weighted by Crippen LogP contribution is 2.16. The fourth-order valence-corrected chi connectivity index (χ4v) is 1.94. The van der Waals surface area contributed by atoms with Crippen LogP contribution in [0, 0.1) is 6.92 Å². The summed E-state index contributed by atoms with van der Waals surface area (Å²) in [5.74, 6) is 0.00781. The van der Waals surface area contributed by atoms with Crippen molar-refractivity contribution in [3.05, 3.63) is 81.2 Å². The maximum atomic E-state index is 12.3. The van der Waals surface area contributed by atoms with Gasteiger partial charge in [-0.1, -0.05) is 53.6 Å². The van der Waals surface area contributed by atoms with Crippen molar-refractivity contribution < 1.29 is 4.79 Å². The highest BCUT2D eigenvalue weighted by molar-refractivity contribution is 6.09. The molecule has 0 aliphatic heterocycles. The fraction of sp³-hybridized carbons (Fsp3) is 0.133. The van der Waals surface area contributed by atoms with E-state index in [0.717, 1.165) is 11.1 Å². The molecule has 19 heavy (non-hydrogen) atoms. The van der Waals surface area contributed by atoms with Gasteiger partial charge in [-0.25, -0.2) is 0 Å². The van der Waals surface area contributed by atoms with E-state index in [-0.39, 0.29) is 5.78 Å². The van der Waals surface area contributed by atoms with Crippen molar-refractivity contribution >= 4 is 5.78 Å². The summed E-state index contributed by atoms with van der Waals surface area (Å²) in [6.07, 6.45) is 0. The Hall–Kier alpha value is -2.58. The third kappa shape index (κ3) is 3.00.